The Morgan fingerprint density at radius 2 is 1.81 bits per heavy atom. The van der Waals surface area contributed by atoms with Crippen molar-refractivity contribution in [3.63, 3.8) is 0 Å². The molecule has 0 spiro atoms. The third-order valence-corrected chi connectivity index (χ3v) is 6.81. The molecule has 0 fully saturated rings. The Morgan fingerprint density at radius 1 is 1.05 bits per heavy atom. The number of esters is 2. The van der Waals surface area contributed by atoms with Gasteiger partial charge in [-0.2, -0.15) is 0 Å². The second-order valence-electron chi connectivity index (χ2n) is 8.48. The highest BCUT2D eigenvalue weighted by molar-refractivity contribution is 7.14. The van der Waals surface area contributed by atoms with Gasteiger partial charge < -0.3 is 19.9 Å². The van der Waals surface area contributed by atoms with Gasteiger partial charge in [-0.3, -0.25) is 9.79 Å². The number of aromatic nitrogens is 1. The molecule has 0 radical (unpaired) electrons. The molecule has 0 amide bonds. The van der Waals surface area contributed by atoms with E-state index in [0.29, 0.717) is 33.5 Å². The summed E-state index contributed by atoms with van der Waals surface area (Å²) in [7, 11) is 0. The molecule has 8 nitrogen and oxygen atoms in total. The molecule has 0 saturated carbocycles. The van der Waals surface area contributed by atoms with Crippen LogP contribution >= 0.6 is 11.3 Å². The van der Waals surface area contributed by atoms with E-state index in [1.165, 1.54) is 11.3 Å². The van der Waals surface area contributed by atoms with Crippen LogP contribution in [0.5, 0.6) is 5.75 Å². The predicted octanol–water partition coefficient (Wildman–Crippen LogP) is 5.83. The molecule has 2 aromatic carbocycles. The van der Waals surface area contributed by atoms with Gasteiger partial charge in [-0.1, -0.05) is 30.3 Å². The summed E-state index contributed by atoms with van der Waals surface area (Å²) in [6.45, 7) is 7.43. The number of nitrogens with zero attached hydrogens (tertiary/aromatic N) is 2. The van der Waals surface area contributed by atoms with Crippen molar-refractivity contribution in [1.82, 2.24) is 4.98 Å². The van der Waals surface area contributed by atoms with Gasteiger partial charge in [0.1, 0.15) is 11.7 Å². The highest BCUT2D eigenvalue weighted by Crippen LogP contribution is 2.43. The number of phenolic OH excluding ortho intramolecular Hbond substituents is 1. The molecule has 2 atom stereocenters. The standard InChI is InChI=1S/C28H29N3O5S/c1-5-35-26(33)23-16(3)29-17(4)24(27(34)36-6-2)25(23)20-12-7-8-13-21(20)30-28-31-22(15-37-28)18-10-9-11-19(32)14-18/h7-15,23,25,32H,5-6H2,1-4H3,(H,30,31). The molecule has 0 bridgehead atoms. The SMILES string of the molecule is CCOC(=O)C1=C(C)N=C(C)C(C(=O)OCC)C1c1ccccc1Nc1nc(-c2cccc(O)c2)cs1. The minimum Gasteiger partial charge on any atom is -0.508 e. The van der Waals surface area contributed by atoms with E-state index < -0.39 is 23.8 Å². The number of para-hydroxylation sites is 1. The molecule has 192 valence electrons. The van der Waals surface area contributed by atoms with Gasteiger partial charge in [0, 0.05) is 34.0 Å². The highest BCUT2D eigenvalue weighted by atomic mass is 32.1. The van der Waals surface area contributed by atoms with Crippen LogP contribution < -0.4 is 5.32 Å². The van der Waals surface area contributed by atoms with Gasteiger partial charge in [0.05, 0.1) is 24.5 Å². The maximum absolute atomic E-state index is 13.2. The molecule has 2 unspecified atom stereocenters. The molecule has 1 aliphatic heterocycles. The van der Waals surface area contributed by atoms with Crippen molar-refractivity contribution < 1.29 is 24.2 Å². The fourth-order valence-corrected chi connectivity index (χ4v) is 5.24. The minimum atomic E-state index is -0.787. The van der Waals surface area contributed by atoms with Gasteiger partial charge in [0.25, 0.3) is 0 Å². The van der Waals surface area contributed by atoms with Crippen molar-refractivity contribution in [2.24, 2.45) is 10.9 Å². The predicted molar refractivity (Wildman–Crippen MR) is 144 cm³/mol. The number of thiazole rings is 1. The fraction of sp³-hybridized carbons (Fsp3) is 0.286. The molecule has 2 heterocycles. The van der Waals surface area contributed by atoms with Gasteiger partial charge in [-0.15, -0.1) is 11.3 Å². The first-order valence-electron chi connectivity index (χ1n) is 12.0. The van der Waals surface area contributed by atoms with Crippen LogP contribution in [0.4, 0.5) is 10.8 Å². The molecule has 1 aliphatic rings. The third kappa shape index (κ3) is 5.56. The van der Waals surface area contributed by atoms with Gasteiger partial charge in [-0.25, -0.2) is 9.78 Å². The smallest absolute Gasteiger partial charge is 0.336 e. The second-order valence-corrected chi connectivity index (χ2v) is 9.34. The number of aliphatic imine (C=N–C) groups is 1. The minimum absolute atomic E-state index is 0.165. The van der Waals surface area contributed by atoms with Crippen LogP contribution in [0.3, 0.4) is 0 Å². The lowest BCUT2D eigenvalue weighted by molar-refractivity contribution is -0.146. The summed E-state index contributed by atoms with van der Waals surface area (Å²) in [5.74, 6) is -2.24. The summed E-state index contributed by atoms with van der Waals surface area (Å²) in [6.07, 6.45) is 0. The van der Waals surface area contributed by atoms with Crippen molar-refractivity contribution in [2.75, 3.05) is 18.5 Å². The Kier molecular flexibility index (Phi) is 8.03. The summed E-state index contributed by atoms with van der Waals surface area (Å²) < 4.78 is 10.8. The molecule has 9 heteroatoms. The van der Waals surface area contributed by atoms with E-state index in [0.717, 1.165) is 11.1 Å². The fourth-order valence-electron chi connectivity index (χ4n) is 4.51. The molecule has 3 aromatic rings. The van der Waals surface area contributed by atoms with E-state index in [2.05, 4.69) is 15.3 Å². The number of benzene rings is 2. The first kappa shape index (κ1) is 26.1. The zero-order chi connectivity index (χ0) is 26.5. The summed E-state index contributed by atoms with van der Waals surface area (Å²) in [4.78, 5) is 35.5. The number of phenols is 1. The topological polar surface area (TPSA) is 110 Å². The number of ether oxygens (including phenoxy) is 2. The van der Waals surface area contributed by atoms with Gasteiger partial charge in [0.2, 0.25) is 0 Å². The van der Waals surface area contributed by atoms with E-state index in [-0.39, 0.29) is 19.0 Å². The monoisotopic (exact) mass is 519 g/mol. The Labute approximate surface area is 219 Å². The van der Waals surface area contributed by atoms with Crippen molar-refractivity contribution in [2.45, 2.75) is 33.6 Å². The van der Waals surface area contributed by atoms with E-state index in [1.807, 2.05) is 35.7 Å². The number of carbonyl (C=O) groups is 2. The van der Waals surface area contributed by atoms with Crippen LogP contribution in [0.15, 0.2) is 70.2 Å². The van der Waals surface area contributed by atoms with Gasteiger partial charge in [-0.05, 0) is 51.5 Å². The Hall–Kier alpha value is -3.98. The summed E-state index contributed by atoms with van der Waals surface area (Å²) in [6, 6.07) is 14.4. The highest BCUT2D eigenvalue weighted by Gasteiger charge is 2.43. The lowest BCUT2D eigenvalue weighted by Crippen LogP contribution is -2.36. The largest absolute Gasteiger partial charge is 0.508 e. The van der Waals surface area contributed by atoms with Crippen LogP contribution in [-0.2, 0) is 19.1 Å². The lowest BCUT2D eigenvalue weighted by atomic mass is 9.75. The van der Waals surface area contributed by atoms with Gasteiger partial charge >= 0.3 is 11.9 Å². The summed E-state index contributed by atoms with van der Waals surface area (Å²) in [5, 5.41) is 15.7. The Bertz CT molecular complexity index is 1380. The van der Waals surface area contributed by atoms with Crippen molar-refractivity contribution in [3.8, 4) is 17.0 Å². The lowest BCUT2D eigenvalue weighted by Gasteiger charge is -2.32. The molecule has 0 saturated heterocycles. The number of nitrogens with one attached hydrogen (secondary N) is 1. The molecule has 4 rings (SSSR count). The van der Waals surface area contributed by atoms with E-state index in [4.69, 9.17) is 9.47 Å². The number of anilines is 2. The van der Waals surface area contributed by atoms with Gasteiger partial charge in [0.15, 0.2) is 5.13 Å². The molecular weight excluding hydrogens is 490 g/mol. The average Bonchev–Trinajstić information content (AvgIpc) is 3.33. The van der Waals surface area contributed by atoms with Crippen molar-refractivity contribution in [1.29, 1.82) is 0 Å². The van der Waals surface area contributed by atoms with Crippen molar-refractivity contribution in [3.05, 3.63) is 70.7 Å². The summed E-state index contributed by atoms with van der Waals surface area (Å²) in [5.41, 5.74) is 4.35. The Balaban J connectivity index is 1.77. The number of rotatable bonds is 8. The molecule has 1 aromatic heterocycles. The maximum Gasteiger partial charge on any atom is 0.336 e. The Morgan fingerprint density at radius 3 is 2.54 bits per heavy atom. The third-order valence-electron chi connectivity index (χ3n) is 6.05. The number of carbonyl (C=O) groups excluding carboxylic acids is 2. The number of allylic oxidation sites excluding steroid dienone is 1. The second kappa shape index (κ2) is 11.4. The van der Waals surface area contributed by atoms with Crippen molar-refractivity contribution >= 4 is 39.8 Å². The molecule has 37 heavy (non-hydrogen) atoms. The normalized spacial score (nSPS) is 17.2. The quantitative estimate of drug-likeness (QED) is 0.360. The van der Waals surface area contributed by atoms with E-state index in [1.54, 1.807) is 45.9 Å². The number of hydrogen-bond acceptors (Lipinski definition) is 9. The van der Waals surface area contributed by atoms with Crippen LogP contribution in [0.2, 0.25) is 0 Å². The van der Waals surface area contributed by atoms with Crippen LogP contribution in [0.1, 0.15) is 39.2 Å². The first-order valence-corrected chi connectivity index (χ1v) is 12.9. The van der Waals surface area contributed by atoms with E-state index in [9.17, 15) is 14.7 Å². The molecule has 2 N–H and O–H groups in total. The molecular formula is C28H29N3O5S. The van der Waals surface area contributed by atoms with Crippen LogP contribution in [-0.4, -0.2) is 41.0 Å². The number of hydrogen-bond donors (Lipinski definition) is 2. The van der Waals surface area contributed by atoms with E-state index >= 15 is 0 Å². The van der Waals surface area contributed by atoms with Crippen LogP contribution in [0.25, 0.3) is 11.3 Å². The molecule has 0 aliphatic carbocycles. The number of aromatic hydroxyl groups is 1. The van der Waals surface area contributed by atoms with Crippen LogP contribution in [0, 0.1) is 5.92 Å². The zero-order valence-corrected chi connectivity index (χ0v) is 22.0. The summed E-state index contributed by atoms with van der Waals surface area (Å²) >= 11 is 1.41. The maximum atomic E-state index is 13.2. The zero-order valence-electron chi connectivity index (χ0n) is 21.1. The average molecular weight is 520 g/mol. The first-order chi connectivity index (χ1) is 17.8.